The fraction of sp³-hybridized carbons (Fsp3) is 0.909. The first-order valence-electron chi connectivity index (χ1n) is 5.66. The number of nitrogens with zero attached hydrogens (tertiary/aromatic N) is 1. The smallest absolute Gasteiger partial charge is 0.222 e. The van der Waals surface area contributed by atoms with Crippen LogP contribution in [0.1, 0.15) is 33.6 Å². The van der Waals surface area contributed by atoms with Crippen molar-refractivity contribution in [3.8, 4) is 0 Å². The van der Waals surface area contributed by atoms with Gasteiger partial charge in [-0.15, -0.1) is 0 Å². The molecule has 1 heterocycles. The summed E-state index contributed by atoms with van der Waals surface area (Å²) in [5.41, 5.74) is 0. The molecule has 3 heteroatoms. The van der Waals surface area contributed by atoms with E-state index in [9.17, 15) is 4.79 Å². The molecule has 1 N–H and O–H groups in total. The van der Waals surface area contributed by atoms with Crippen molar-refractivity contribution < 1.29 is 4.79 Å². The highest BCUT2D eigenvalue weighted by Gasteiger charge is 2.27. The van der Waals surface area contributed by atoms with Gasteiger partial charge in [-0.25, -0.2) is 0 Å². The van der Waals surface area contributed by atoms with Crippen molar-refractivity contribution in [2.24, 2.45) is 5.92 Å². The number of hydrogen-bond acceptors (Lipinski definition) is 2. The van der Waals surface area contributed by atoms with Gasteiger partial charge in [0.2, 0.25) is 5.91 Å². The zero-order chi connectivity index (χ0) is 10.6. The summed E-state index contributed by atoms with van der Waals surface area (Å²) in [6.07, 6.45) is 2.52. The number of carbonyl (C=O) groups excluding carboxylic acids is 1. The Labute approximate surface area is 86.9 Å². The monoisotopic (exact) mass is 198 g/mol. The topological polar surface area (TPSA) is 32.3 Å². The lowest BCUT2D eigenvalue weighted by Crippen LogP contribution is -2.59. The lowest BCUT2D eigenvalue weighted by atomic mass is 10.1. The van der Waals surface area contributed by atoms with Crippen LogP contribution in [0, 0.1) is 5.92 Å². The van der Waals surface area contributed by atoms with Gasteiger partial charge < -0.3 is 5.32 Å². The SMILES string of the molecule is CCCCN1CC(NC(=O)C(C)C)C1. The molecule has 1 aliphatic heterocycles. The maximum atomic E-state index is 11.3. The van der Waals surface area contributed by atoms with Gasteiger partial charge in [0.15, 0.2) is 0 Å². The van der Waals surface area contributed by atoms with E-state index in [4.69, 9.17) is 0 Å². The van der Waals surface area contributed by atoms with Crippen molar-refractivity contribution >= 4 is 5.91 Å². The highest BCUT2D eigenvalue weighted by molar-refractivity contribution is 5.78. The van der Waals surface area contributed by atoms with E-state index < -0.39 is 0 Å². The quantitative estimate of drug-likeness (QED) is 0.721. The highest BCUT2D eigenvalue weighted by atomic mass is 16.1. The summed E-state index contributed by atoms with van der Waals surface area (Å²) < 4.78 is 0. The third-order valence-corrected chi connectivity index (χ3v) is 2.66. The van der Waals surface area contributed by atoms with E-state index in [2.05, 4.69) is 17.1 Å². The molecule has 1 saturated heterocycles. The normalized spacial score (nSPS) is 18.3. The summed E-state index contributed by atoms with van der Waals surface area (Å²) in [5, 5.41) is 3.04. The summed E-state index contributed by atoms with van der Waals surface area (Å²) in [7, 11) is 0. The number of carbonyl (C=O) groups is 1. The van der Waals surface area contributed by atoms with Crippen molar-refractivity contribution in [2.45, 2.75) is 39.7 Å². The zero-order valence-electron chi connectivity index (χ0n) is 9.55. The highest BCUT2D eigenvalue weighted by Crippen LogP contribution is 2.09. The predicted molar refractivity (Wildman–Crippen MR) is 58.1 cm³/mol. The second-order valence-electron chi connectivity index (χ2n) is 4.47. The Kier molecular flexibility index (Phi) is 4.39. The van der Waals surface area contributed by atoms with Crippen LogP contribution in [-0.2, 0) is 4.79 Å². The predicted octanol–water partition coefficient (Wildman–Crippen LogP) is 1.24. The van der Waals surface area contributed by atoms with E-state index in [0.29, 0.717) is 6.04 Å². The van der Waals surface area contributed by atoms with Crippen LogP contribution in [0.2, 0.25) is 0 Å². The van der Waals surface area contributed by atoms with Gasteiger partial charge in [-0.1, -0.05) is 27.2 Å². The molecule has 0 bridgehead atoms. The number of likely N-dealkylation sites (tertiary alicyclic amines) is 1. The molecule has 1 rings (SSSR count). The Morgan fingerprint density at radius 3 is 2.64 bits per heavy atom. The van der Waals surface area contributed by atoms with Crippen molar-refractivity contribution in [2.75, 3.05) is 19.6 Å². The molecule has 1 fully saturated rings. The van der Waals surface area contributed by atoms with E-state index in [-0.39, 0.29) is 11.8 Å². The standard InChI is InChI=1S/C11H22N2O/c1-4-5-6-13-7-10(8-13)12-11(14)9(2)3/h9-10H,4-8H2,1-3H3,(H,12,14). The summed E-state index contributed by atoms with van der Waals surface area (Å²) in [6, 6.07) is 0.404. The van der Waals surface area contributed by atoms with Gasteiger partial charge >= 0.3 is 0 Å². The van der Waals surface area contributed by atoms with Crippen LogP contribution in [0.4, 0.5) is 0 Å². The van der Waals surface area contributed by atoms with Crippen LogP contribution in [-0.4, -0.2) is 36.5 Å². The Morgan fingerprint density at radius 2 is 2.14 bits per heavy atom. The molecule has 0 aromatic heterocycles. The Bertz CT molecular complexity index is 186. The van der Waals surface area contributed by atoms with Crippen molar-refractivity contribution in [1.29, 1.82) is 0 Å². The summed E-state index contributed by atoms with van der Waals surface area (Å²) in [6.45, 7) is 9.34. The van der Waals surface area contributed by atoms with E-state index in [0.717, 1.165) is 13.1 Å². The molecular formula is C11H22N2O. The molecular weight excluding hydrogens is 176 g/mol. The molecule has 0 aromatic carbocycles. The molecule has 0 aromatic rings. The first kappa shape index (κ1) is 11.5. The minimum atomic E-state index is 0.111. The maximum absolute atomic E-state index is 11.3. The van der Waals surface area contributed by atoms with Crippen molar-refractivity contribution in [3.05, 3.63) is 0 Å². The van der Waals surface area contributed by atoms with Crippen LogP contribution in [0.15, 0.2) is 0 Å². The van der Waals surface area contributed by atoms with Crippen LogP contribution >= 0.6 is 0 Å². The molecule has 0 unspecified atom stereocenters. The van der Waals surface area contributed by atoms with Crippen molar-refractivity contribution in [3.63, 3.8) is 0 Å². The molecule has 0 aliphatic carbocycles. The maximum Gasteiger partial charge on any atom is 0.222 e. The van der Waals surface area contributed by atoms with Gasteiger partial charge in [0.05, 0.1) is 6.04 Å². The third kappa shape index (κ3) is 3.29. The van der Waals surface area contributed by atoms with Crippen LogP contribution in [0.5, 0.6) is 0 Å². The average Bonchev–Trinajstić information content (AvgIpc) is 2.08. The number of rotatable bonds is 5. The number of nitrogens with one attached hydrogen (secondary N) is 1. The lowest BCUT2D eigenvalue weighted by Gasteiger charge is -2.39. The molecule has 1 amide bonds. The largest absolute Gasteiger partial charge is 0.351 e. The molecule has 14 heavy (non-hydrogen) atoms. The summed E-state index contributed by atoms with van der Waals surface area (Å²) in [5.74, 6) is 0.296. The second-order valence-corrected chi connectivity index (χ2v) is 4.47. The Hall–Kier alpha value is -0.570. The number of hydrogen-bond donors (Lipinski definition) is 1. The van der Waals surface area contributed by atoms with Gasteiger partial charge in [-0.05, 0) is 13.0 Å². The van der Waals surface area contributed by atoms with E-state index >= 15 is 0 Å². The van der Waals surface area contributed by atoms with Gasteiger partial charge in [0.25, 0.3) is 0 Å². The van der Waals surface area contributed by atoms with Gasteiger partial charge in [0.1, 0.15) is 0 Å². The van der Waals surface area contributed by atoms with Gasteiger partial charge in [-0.2, -0.15) is 0 Å². The van der Waals surface area contributed by atoms with Crippen LogP contribution in [0.3, 0.4) is 0 Å². The van der Waals surface area contributed by atoms with Crippen LogP contribution < -0.4 is 5.32 Å². The number of unbranched alkanes of at least 4 members (excludes halogenated alkanes) is 1. The molecule has 0 saturated carbocycles. The van der Waals surface area contributed by atoms with Crippen LogP contribution in [0.25, 0.3) is 0 Å². The van der Waals surface area contributed by atoms with Gasteiger partial charge in [-0.3, -0.25) is 9.69 Å². The minimum Gasteiger partial charge on any atom is -0.351 e. The van der Waals surface area contributed by atoms with E-state index in [1.165, 1.54) is 19.4 Å². The Balaban J connectivity index is 2.07. The molecule has 1 aliphatic rings. The molecule has 3 nitrogen and oxygen atoms in total. The molecule has 0 spiro atoms. The lowest BCUT2D eigenvalue weighted by molar-refractivity contribution is -0.125. The summed E-state index contributed by atoms with van der Waals surface area (Å²) >= 11 is 0. The molecule has 0 atom stereocenters. The molecule has 0 radical (unpaired) electrons. The van der Waals surface area contributed by atoms with Crippen molar-refractivity contribution in [1.82, 2.24) is 10.2 Å². The number of amides is 1. The zero-order valence-corrected chi connectivity index (χ0v) is 9.55. The fourth-order valence-corrected chi connectivity index (χ4v) is 1.59. The van der Waals surface area contributed by atoms with E-state index in [1.807, 2.05) is 13.8 Å². The third-order valence-electron chi connectivity index (χ3n) is 2.66. The Morgan fingerprint density at radius 1 is 1.50 bits per heavy atom. The first-order chi connectivity index (χ1) is 6.63. The first-order valence-corrected chi connectivity index (χ1v) is 5.66. The van der Waals surface area contributed by atoms with E-state index in [1.54, 1.807) is 0 Å². The average molecular weight is 198 g/mol. The second kappa shape index (κ2) is 5.35. The summed E-state index contributed by atoms with van der Waals surface area (Å²) in [4.78, 5) is 13.7. The van der Waals surface area contributed by atoms with Gasteiger partial charge in [0, 0.05) is 19.0 Å². The fourth-order valence-electron chi connectivity index (χ4n) is 1.59. The minimum absolute atomic E-state index is 0.111. The molecule has 82 valence electrons.